The summed E-state index contributed by atoms with van der Waals surface area (Å²) in [6, 6.07) is 10.5. The van der Waals surface area contributed by atoms with Crippen LogP contribution in [0.25, 0.3) is 0 Å². The summed E-state index contributed by atoms with van der Waals surface area (Å²) >= 11 is 3.47. The van der Waals surface area contributed by atoms with Gasteiger partial charge in [-0.1, -0.05) is 45.8 Å². The molecule has 2 rings (SSSR count). The number of hydrogen-bond donors (Lipinski definition) is 2. The third kappa shape index (κ3) is 4.27. The SMILES string of the molecule is COc1cc(Br)c(CNC(=O)C(N)c2ccc(C)cc2)cc1OC. The monoisotopic (exact) mass is 392 g/mol. The third-order valence-electron chi connectivity index (χ3n) is 3.72. The van der Waals surface area contributed by atoms with Crippen LogP contribution in [-0.2, 0) is 11.3 Å². The van der Waals surface area contributed by atoms with E-state index in [0.29, 0.717) is 18.0 Å². The van der Waals surface area contributed by atoms with Crippen molar-refractivity contribution < 1.29 is 14.3 Å². The molecule has 0 aliphatic heterocycles. The van der Waals surface area contributed by atoms with Gasteiger partial charge in [0.2, 0.25) is 5.91 Å². The van der Waals surface area contributed by atoms with Crippen LogP contribution in [0.2, 0.25) is 0 Å². The van der Waals surface area contributed by atoms with Crippen molar-refractivity contribution in [1.82, 2.24) is 5.32 Å². The molecule has 2 aromatic rings. The number of ether oxygens (including phenoxy) is 2. The van der Waals surface area contributed by atoms with Crippen LogP contribution in [0.5, 0.6) is 11.5 Å². The minimum atomic E-state index is -0.704. The Bertz CT molecular complexity index is 717. The topological polar surface area (TPSA) is 73.6 Å². The Balaban J connectivity index is 2.07. The molecule has 24 heavy (non-hydrogen) atoms. The van der Waals surface area contributed by atoms with Gasteiger partial charge in [0.25, 0.3) is 0 Å². The third-order valence-corrected chi connectivity index (χ3v) is 4.46. The molecule has 0 saturated heterocycles. The van der Waals surface area contributed by atoms with Gasteiger partial charge >= 0.3 is 0 Å². The summed E-state index contributed by atoms with van der Waals surface area (Å²) in [5.74, 6) is 0.990. The molecule has 128 valence electrons. The summed E-state index contributed by atoms with van der Waals surface area (Å²) in [5, 5.41) is 2.85. The Kier molecular flexibility index (Phi) is 6.23. The highest BCUT2D eigenvalue weighted by molar-refractivity contribution is 9.10. The van der Waals surface area contributed by atoms with Gasteiger partial charge in [-0.15, -0.1) is 0 Å². The maximum atomic E-state index is 12.3. The zero-order valence-corrected chi connectivity index (χ0v) is 15.5. The highest BCUT2D eigenvalue weighted by Crippen LogP contribution is 2.33. The first kappa shape index (κ1) is 18.3. The molecule has 6 heteroatoms. The fraction of sp³-hybridized carbons (Fsp3) is 0.278. The predicted molar refractivity (Wildman–Crippen MR) is 97.2 cm³/mol. The summed E-state index contributed by atoms with van der Waals surface area (Å²) in [4.78, 5) is 12.3. The first-order valence-electron chi connectivity index (χ1n) is 7.46. The van der Waals surface area contributed by atoms with Crippen LogP contribution in [0.15, 0.2) is 40.9 Å². The smallest absolute Gasteiger partial charge is 0.241 e. The molecule has 0 spiro atoms. The zero-order chi connectivity index (χ0) is 17.7. The number of aryl methyl sites for hydroxylation is 1. The van der Waals surface area contributed by atoms with E-state index in [4.69, 9.17) is 15.2 Å². The number of nitrogens with two attached hydrogens (primary N) is 1. The van der Waals surface area contributed by atoms with E-state index in [2.05, 4.69) is 21.2 Å². The molecular formula is C18H21BrN2O3. The summed E-state index contributed by atoms with van der Waals surface area (Å²) in [6.45, 7) is 2.32. The molecule has 0 heterocycles. The first-order valence-corrected chi connectivity index (χ1v) is 8.25. The maximum absolute atomic E-state index is 12.3. The van der Waals surface area contributed by atoms with E-state index in [0.717, 1.165) is 21.2 Å². The Morgan fingerprint density at radius 2 is 1.75 bits per heavy atom. The molecule has 5 nitrogen and oxygen atoms in total. The van der Waals surface area contributed by atoms with E-state index >= 15 is 0 Å². The fourth-order valence-electron chi connectivity index (χ4n) is 2.25. The highest BCUT2D eigenvalue weighted by Gasteiger charge is 2.16. The molecule has 1 unspecified atom stereocenters. The average molecular weight is 393 g/mol. The van der Waals surface area contributed by atoms with Crippen molar-refractivity contribution in [1.29, 1.82) is 0 Å². The van der Waals surface area contributed by atoms with Crippen LogP contribution >= 0.6 is 15.9 Å². The van der Waals surface area contributed by atoms with Gasteiger partial charge in [-0.25, -0.2) is 0 Å². The Morgan fingerprint density at radius 3 is 2.33 bits per heavy atom. The zero-order valence-electron chi connectivity index (χ0n) is 13.9. The molecule has 1 atom stereocenters. The molecular weight excluding hydrogens is 372 g/mol. The second kappa shape index (κ2) is 8.17. The molecule has 0 fully saturated rings. The van der Waals surface area contributed by atoms with Crippen LogP contribution in [0, 0.1) is 6.92 Å². The number of nitrogens with one attached hydrogen (secondary N) is 1. The molecule has 3 N–H and O–H groups in total. The lowest BCUT2D eigenvalue weighted by Gasteiger charge is -2.15. The number of benzene rings is 2. The quantitative estimate of drug-likeness (QED) is 0.791. The van der Waals surface area contributed by atoms with Crippen molar-refractivity contribution in [2.45, 2.75) is 19.5 Å². The molecule has 2 aromatic carbocycles. The fourth-order valence-corrected chi connectivity index (χ4v) is 2.71. The lowest BCUT2D eigenvalue weighted by molar-refractivity contribution is -0.122. The summed E-state index contributed by atoms with van der Waals surface area (Å²) in [5.41, 5.74) is 8.80. The highest BCUT2D eigenvalue weighted by atomic mass is 79.9. The number of carbonyl (C=O) groups is 1. The van der Waals surface area contributed by atoms with E-state index in [9.17, 15) is 4.79 Å². The van der Waals surface area contributed by atoms with Crippen molar-refractivity contribution in [3.8, 4) is 11.5 Å². The van der Waals surface area contributed by atoms with Gasteiger partial charge in [0.05, 0.1) is 14.2 Å². The molecule has 0 aromatic heterocycles. The van der Waals surface area contributed by atoms with Crippen LogP contribution in [0.1, 0.15) is 22.7 Å². The minimum absolute atomic E-state index is 0.236. The van der Waals surface area contributed by atoms with E-state index < -0.39 is 6.04 Å². The number of carbonyl (C=O) groups excluding carboxylic acids is 1. The maximum Gasteiger partial charge on any atom is 0.241 e. The van der Waals surface area contributed by atoms with Crippen molar-refractivity contribution in [2.24, 2.45) is 5.73 Å². The Hall–Kier alpha value is -2.05. The second-order valence-corrected chi connectivity index (χ2v) is 6.26. The lowest BCUT2D eigenvalue weighted by Crippen LogP contribution is -2.33. The van der Waals surface area contributed by atoms with E-state index in [1.807, 2.05) is 37.3 Å². The van der Waals surface area contributed by atoms with E-state index in [-0.39, 0.29) is 5.91 Å². The van der Waals surface area contributed by atoms with Gasteiger partial charge in [0.1, 0.15) is 6.04 Å². The second-order valence-electron chi connectivity index (χ2n) is 5.40. The molecule has 0 radical (unpaired) electrons. The van der Waals surface area contributed by atoms with Crippen LogP contribution in [0.4, 0.5) is 0 Å². The number of hydrogen-bond acceptors (Lipinski definition) is 4. The van der Waals surface area contributed by atoms with Gasteiger partial charge in [-0.2, -0.15) is 0 Å². The summed E-state index contributed by atoms with van der Waals surface area (Å²) < 4.78 is 11.3. The summed E-state index contributed by atoms with van der Waals surface area (Å²) in [7, 11) is 3.15. The number of amides is 1. The van der Waals surface area contributed by atoms with Crippen LogP contribution < -0.4 is 20.5 Å². The average Bonchev–Trinajstić information content (AvgIpc) is 2.60. The van der Waals surface area contributed by atoms with Crippen molar-refractivity contribution >= 4 is 21.8 Å². The van der Waals surface area contributed by atoms with Gasteiger partial charge in [0, 0.05) is 11.0 Å². The van der Waals surface area contributed by atoms with Crippen molar-refractivity contribution in [2.75, 3.05) is 14.2 Å². The van der Waals surface area contributed by atoms with Gasteiger partial charge in [0.15, 0.2) is 11.5 Å². The van der Waals surface area contributed by atoms with Gasteiger partial charge < -0.3 is 20.5 Å². The number of halogens is 1. The Labute approximate surface area is 150 Å². The van der Waals surface area contributed by atoms with Crippen molar-refractivity contribution in [3.63, 3.8) is 0 Å². The minimum Gasteiger partial charge on any atom is -0.493 e. The first-order chi connectivity index (χ1) is 11.5. The standard InChI is InChI=1S/C18H21BrN2O3/c1-11-4-6-12(7-5-11)17(20)18(22)21-10-13-8-15(23-2)16(24-3)9-14(13)19/h4-9,17H,10,20H2,1-3H3,(H,21,22). The molecule has 0 saturated carbocycles. The molecule has 1 amide bonds. The largest absolute Gasteiger partial charge is 0.493 e. The number of methoxy groups -OCH3 is 2. The lowest BCUT2D eigenvalue weighted by atomic mass is 10.1. The van der Waals surface area contributed by atoms with Gasteiger partial charge in [-0.05, 0) is 30.2 Å². The van der Waals surface area contributed by atoms with E-state index in [1.165, 1.54) is 0 Å². The van der Waals surface area contributed by atoms with Crippen LogP contribution in [0.3, 0.4) is 0 Å². The van der Waals surface area contributed by atoms with Gasteiger partial charge in [-0.3, -0.25) is 4.79 Å². The molecule has 0 aliphatic carbocycles. The van der Waals surface area contributed by atoms with Crippen LogP contribution in [-0.4, -0.2) is 20.1 Å². The molecule has 0 aliphatic rings. The number of rotatable bonds is 6. The predicted octanol–water partition coefficient (Wildman–Crippen LogP) is 3.09. The summed E-state index contributed by atoms with van der Waals surface area (Å²) in [6.07, 6.45) is 0. The normalized spacial score (nSPS) is 11.7. The Morgan fingerprint density at radius 1 is 1.17 bits per heavy atom. The van der Waals surface area contributed by atoms with E-state index in [1.54, 1.807) is 20.3 Å². The molecule has 0 bridgehead atoms. The van der Waals surface area contributed by atoms with Crippen molar-refractivity contribution in [3.05, 3.63) is 57.6 Å².